The van der Waals surface area contributed by atoms with Crippen molar-refractivity contribution in [2.75, 3.05) is 7.11 Å². The van der Waals surface area contributed by atoms with E-state index in [-0.39, 0.29) is 10.3 Å². The van der Waals surface area contributed by atoms with Crippen LogP contribution in [0.25, 0.3) is 49.7 Å². The van der Waals surface area contributed by atoms with Crippen molar-refractivity contribution in [1.29, 1.82) is 0 Å². The van der Waals surface area contributed by atoms with Crippen LogP contribution >= 0.6 is 12.6 Å². The third-order valence-electron chi connectivity index (χ3n) is 10.0. The Balaban J connectivity index is 0.000000410. The highest BCUT2D eigenvalue weighted by molar-refractivity contribution is 7.81. The minimum absolute atomic E-state index is 0.0816. The highest BCUT2D eigenvalue weighted by atomic mass is 32.1. The fraction of sp³-hybridized carbons (Fsp3) is 0.217. The Bertz CT molecular complexity index is 2200. The first-order valence-corrected chi connectivity index (χ1v) is 17.5. The average Bonchev–Trinajstić information content (AvgIpc) is 3.44. The Morgan fingerprint density at radius 2 is 1.20 bits per heavy atom. The number of benzene rings is 6. The zero-order chi connectivity index (χ0) is 34.8. The molecule has 2 nitrogen and oxygen atoms in total. The van der Waals surface area contributed by atoms with Gasteiger partial charge in [0, 0.05) is 28.3 Å². The molecule has 0 N–H and O–H groups in total. The Morgan fingerprint density at radius 1 is 0.592 bits per heavy atom. The minimum Gasteiger partial charge on any atom is -0.377 e. The van der Waals surface area contributed by atoms with Crippen LogP contribution in [0.4, 0.5) is 0 Å². The van der Waals surface area contributed by atoms with Crippen LogP contribution in [0.2, 0.25) is 0 Å². The zero-order valence-corrected chi connectivity index (χ0v) is 30.7. The fourth-order valence-electron chi connectivity index (χ4n) is 6.26. The lowest BCUT2D eigenvalue weighted by Crippen LogP contribution is -2.42. The van der Waals surface area contributed by atoms with Gasteiger partial charge < -0.3 is 9.30 Å². The second kappa shape index (κ2) is 14.1. The number of aromatic nitrogens is 1. The molecule has 0 saturated heterocycles. The summed E-state index contributed by atoms with van der Waals surface area (Å²) in [7, 11) is 1.71. The molecule has 0 aliphatic rings. The molecule has 0 bridgehead atoms. The van der Waals surface area contributed by atoms with Gasteiger partial charge >= 0.3 is 0 Å². The SMILES string of the molecule is COC(C)(C)C(C)(C)S.Cc1ccc(C)c(-c2cc(-c3ccc4c(c3)c3ccccc3n4-c3ccccc3)ccc2Cc2ccccc2)c1. The van der Waals surface area contributed by atoms with Gasteiger partial charge in [-0.15, -0.1) is 0 Å². The number of nitrogens with zero attached hydrogens (tertiary/aromatic N) is 1. The number of aryl methyl sites for hydroxylation is 2. The summed E-state index contributed by atoms with van der Waals surface area (Å²) < 4.78 is 7.52. The van der Waals surface area contributed by atoms with Crippen molar-refractivity contribution >= 4 is 34.4 Å². The number of hydrogen-bond donors (Lipinski definition) is 1. The van der Waals surface area contributed by atoms with Gasteiger partial charge in [-0.3, -0.25) is 0 Å². The number of fused-ring (bicyclic) bond motifs is 3. The van der Waals surface area contributed by atoms with E-state index in [1.165, 1.54) is 72.0 Å². The predicted molar refractivity (Wildman–Crippen MR) is 215 cm³/mol. The molecule has 0 atom stereocenters. The molecule has 0 radical (unpaired) electrons. The lowest BCUT2D eigenvalue weighted by Gasteiger charge is -2.36. The first-order chi connectivity index (χ1) is 23.5. The van der Waals surface area contributed by atoms with Gasteiger partial charge in [-0.05, 0) is 123 Å². The van der Waals surface area contributed by atoms with E-state index >= 15 is 0 Å². The number of rotatable bonds is 7. The molecule has 7 rings (SSSR count). The lowest BCUT2D eigenvalue weighted by molar-refractivity contribution is -0.00128. The van der Waals surface area contributed by atoms with Crippen LogP contribution < -0.4 is 0 Å². The van der Waals surface area contributed by atoms with Crippen LogP contribution in [0.3, 0.4) is 0 Å². The molecule has 0 aliphatic carbocycles. The topological polar surface area (TPSA) is 14.2 Å². The van der Waals surface area contributed by atoms with Crippen LogP contribution in [0.5, 0.6) is 0 Å². The van der Waals surface area contributed by atoms with Crippen molar-refractivity contribution in [2.45, 2.75) is 58.3 Å². The van der Waals surface area contributed by atoms with Gasteiger partial charge in [0.05, 0.1) is 16.6 Å². The minimum atomic E-state index is -0.157. The summed E-state index contributed by atoms with van der Waals surface area (Å²) in [5.41, 5.74) is 13.9. The normalized spacial score (nSPS) is 11.8. The van der Waals surface area contributed by atoms with E-state index in [4.69, 9.17) is 4.74 Å². The monoisotopic (exact) mass is 661 g/mol. The number of ether oxygens (including phenoxy) is 1. The van der Waals surface area contributed by atoms with E-state index in [2.05, 4.69) is 171 Å². The molecule has 6 aromatic carbocycles. The highest BCUT2D eigenvalue weighted by Crippen LogP contribution is 2.38. The van der Waals surface area contributed by atoms with Crippen LogP contribution in [-0.4, -0.2) is 22.0 Å². The maximum atomic E-state index is 5.23. The number of para-hydroxylation sites is 2. The fourth-order valence-corrected chi connectivity index (χ4v) is 6.35. The molecular formula is C46H47NOS. The predicted octanol–water partition coefficient (Wildman–Crippen LogP) is 12.4. The molecule has 0 aliphatic heterocycles. The lowest BCUT2D eigenvalue weighted by atomic mass is 9.89. The summed E-state index contributed by atoms with van der Waals surface area (Å²) in [6, 6.07) is 50.9. The second-order valence-corrected chi connectivity index (χ2v) is 15.2. The number of methoxy groups -OCH3 is 1. The number of hydrogen-bond acceptors (Lipinski definition) is 2. The molecule has 0 saturated carbocycles. The maximum Gasteiger partial charge on any atom is 0.0760 e. The van der Waals surface area contributed by atoms with Gasteiger partial charge in [0.2, 0.25) is 0 Å². The van der Waals surface area contributed by atoms with Gasteiger partial charge in [-0.2, -0.15) is 12.6 Å². The third-order valence-corrected chi connectivity index (χ3v) is 10.6. The molecule has 0 fully saturated rings. The van der Waals surface area contributed by atoms with Crippen LogP contribution in [0, 0.1) is 13.8 Å². The molecule has 0 amide bonds. The Labute approximate surface area is 297 Å². The van der Waals surface area contributed by atoms with Gasteiger partial charge in [-0.25, -0.2) is 0 Å². The van der Waals surface area contributed by atoms with Crippen molar-refractivity contribution in [2.24, 2.45) is 0 Å². The molecule has 3 heteroatoms. The molecule has 0 spiro atoms. The summed E-state index contributed by atoms with van der Waals surface area (Å²) in [6.07, 6.45) is 0.910. The molecule has 1 heterocycles. The quantitative estimate of drug-likeness (QED) is 0.168. The summed E-state index contributed by atoms with van der Waals surface area (Å²) in [6.45, 7) is 12.5. The number of thiol groups is 1. The van der Waals surface area contributed by atoms with Crippen LogP contribution in [0.1, 0.15) is 49.9 Å². The van der Waals surface area contributed by atoms with Gasteiger partial charge in [-0.1, -0.05) is 109 Å². The van der Waals surface area contributed by atoms with Gasteiger partial charge in [0.1, 0.15) is 0 Å². The van der Waals surface area contributed by atoms with Gasteiger partial charge in [0.25, 0.3) is 0 Å². The Hall–Kier alpha value is -4.57. The van der Waals surface area contributed by atoms with E-state index in [9.17, 15) is 0 Å². The molecule has 248 valence electrons. The summed E-state index contributed by atoms with van der Waals surface area (Å²) in [5.74, 6) is 0. The van der Waals surface area contributed by atoms with Crippen molar-refractivity contribution in [3.05, 3.63) is 162 Å². The smallest absolute Gasteiger partial charge is 0.0760 e. The van der Waals surface area contributed by atoms with E-state index in [1.54, 1.807) is 7.11 Å². The van der Waals surface area contributed by atoms with E-state index in [0.717, 1.165) is 6.42 Å². The van der Waals surface area contributed by atoms with Crippen molar-refractivity contribution in [1.82, 2.24) is 4.57 Å². The maximum absolute atomic E-state index is 5.23. The largest absolute Gasteiger partial charge is 0.377 e. The average molecular weight is 662 g/mol. The first-order valence-electron chi connectivity index (χ1n) is 17.1. The summed E-state index contributed by atoms with van der Waals surface area (Å²) in [4.78, 5) is 0. The third kappa shape index (κ3) is 7.25. The molecule has 1 aromatic heterocycles. The molecule has 0 unspecified atom stereocenters. The van der Waals surface area contributed by atoms with Crippen LogP contribution in [-0.2, 0) is 11.2 Å². The highest BCUT2D eigenvalue weighted by Gasteiger charge is 2.33. The van der Waals surface area contributed by atoms with Crippen molar-refractivity contribution in [3.8, 4) is 27.9 Å². The van der Waals surface area contributed by atoms with E-state index < -0.39 is 0 Å². The molecule has 49 heavy (non-hydrogen) atoms. The van der Waals surface area contributed by atoms with E-state index in [1.807, 2.05) is 27.7 Å². The van der Waals surface area contributed by atoms with Crippen LogP contribution in [0.15, 0.2) is 140 Å². The summed E-state index contributed by atoms with van der Waals surface area (Å²) >= 11 is 4.39. The Morgan fingerprint density at radius 3 is 1.88 bits per heavy atom. The van der Waals surface area contributed by atoms with Crippen molar-refractivity contribution < 1.29 is 4.74 Å². The standard InChI is InChI=1S/C39H31N.C7H16OS/c1-27-17-18-28(2)35(23-27)36-25-30(19-20-32(36)24-29-11-5-3-6-12-29)31-21-22-39-37(26-31)34-15-9-10-16-38(34)40(39)33-13-7-4-8-14-33;1-6(2,8-5)7(3,4)9/h3-23,25-26H,24H2,1-2H3;9H,1-5H3. The Kier molecular flexibility index (Phi) is 9.88. The second-order valence-electron chi connectivity index (χ2n) is 14.0. The van der Waals surface area contributed by atoms with Gasteiger partial charge in [0.15, 0.2) is 0 Å². The molecule has 7 aromatic rings. The van der Waals surface area contributed by atoms with E-state index in [0.29, 0.717) is 0 Å². The first kappa shape index (κ1) is 34.3. The summed E-state index contributed by atoms with van der Waals surface area (Å²) in [5, 5.41) is 2.55. The van der Waals surface area contributed by atoms with Crippen molar-refractivity contribution in [3.63, 3.8) is 0 Å². The zero-order valence-electron chi connectivity index (χ0n) is 29.8. The molecular weight excluding hydrogens is 615 g/mol.